The van der Waals surface area contributed by atoms with Crippen LogP contribution in [0.1, 0.15) is 35.3 Å². The van der Waals surface area contributed by atoms with E-state index in [0.29, 0.717) is 22.8 Å². The van der Waals surface area contributed by atoms with E-state index in [-0.39, 0.29) is 36.4 Å². The lowest BCUT2D eigenvalue weighted by molar-refractivity contribution is -0.137. The lowest BCUT2D eigenvalue weighted by Crippen LogP contribution is -2.32. The van der Waals surface area contributed by atoms with Gasteiger partial charge in [-0.05, 0) is 43.2 Å². The van der Waals surface area contributed by atoms with Gasteiger partial charge in [0.2, 0.25) is 11.8 Å². The Kier molecular flexibility index (Phi) is 6.43. The van der Waals surface area contributed by atoms with Crippen LogP contribution in [-0.4, -0.2) is 46.3 Å². The van der Waals surface area contributed by atoms with E-state index in [2.05, 4.69) is 15.3 Å². The number of ether oxygens (including phenoxy) is 1. The van der Waals surface area contributed by atoms with Crippen molar-refractivity contribution >= 4 is 22.7 Å². The van der Waals surface area contributed by atoms with Crippen molar-refractivity contribution in [1.29, 1.82) is 0 Å². The van der Waals surface area contributed by atoms with E-state index in [1.165, 1.54) is 0 Å². The summed E-state index contributed by atoms with van der Waals surface area (Å²) in [6.45, 7) is 1.79. The minimum absolute atomic E-state index is 0.0229. The van der Waals surface area contributed by atoms with Crippen molar-refractivity contribution in [3.05, 3.63) is 59.9 Å². The molecule has 2 aromatic heterocycles. The van der Waals surface area contributed by atoms with Gasteiger partial charge in [0.1, 0.15) is 11.4 Å². The first-order valence-corrected chi connectivity index (χ1v) is 10.5. The second kappa shape index (κ2) is 9.43. The molecule has 0 radical (unpaired) electrons. The van der Waals surface area contributed by atoms with Gasteiger partial charge in [-0.15, -0.1) is 0 Å². The highest BCUT2D eigenvalue weighted by Gasteiger charge is 2.30. The molecule has 0 unspecified atom stereocenters. The lowest BCUT2D eigenvalue weighted by Gasteiger charge is -2.15. The molecule has 1 fully saturated rings. The van der Waals surface area contributed by atoms with E-state index in [1.54, 1.807) is 35.2 Å². The van der Waals surface area contributed by atoms with Gasteiger partial charge in [0.15, 0.2) is 0 Å². The predicted octanol–water partition coefficient (Wildman–Crippen LogP) is 4.18. The molecule has 0 spiro atoms. The number of halogens is 3. The number of rotatable bonds is 6. The van der Waals surface area contributed by atoms with Gasteiger partial charge in [-0.25, -0.2) is 9.97 Å². The molecular formula is C23H21F3N4O3. The van der Waals surface area contributed by atoms with Crippen LogP contribution < -0.4 is 10.1 Å². The van der Waals surface area contributed by atoms with Crippen LogP contribution in [0.25, 0.3) is 10.9 Å². The molecule has 2 amide bonds. The third-order valence-electron chi connectivity index (χ3n) is 5.26. The molecule has 0 atom stereocenters. The molecule has 7 nitrogen and oxygen atoms in total. The molecule has 1 aromatic carbocycles. The number of aromatic nitrogens is 2. The molecule has 1 aliphatic rings. The second-order valence-corrected chi connectivity index (χ2v) is 7.63. The van der Waals surface area contributed by atoms with Gasteiger partial charge < -0.3 is 15.0 Å². The van der Waals surface area contributed by atoms with Gasteiger partial charge in [-0.2, -0.15) is 13.2 Å². The van der Waals surface area contributed by atoms with Gasteiger partial charge in [-0.1, -0.05) is 6.07 Å². The Morgan fingerprint density at radius 3 is 2.55 bits per heavy atom. The summed E-state index contributed by atoms with van der Waals surface area (Å²) in [6, 6.07) is 10.2. The minimum Gasteiger partial charge on any atom is -0.439 e. The number of pyridine rings is 2. The smallest absolute Gasteiger partial charge is 0.417 e. The minimum atomic E-state index is -4.46. The Labute approximate surface area is 187 Å². The number of hydrogen-bond donors (Lipinski definition) is 1. The number of likely N-dealkylation sites (tertiary alicyclic amines) is 1. The van der Waals surface area contributed by atoms with E-state index < -0.39 is 11.7 Å². The van der Waals surface area contributed by atoms with Crippen LogP contribution in [0.15, 0.2) is 48.7 Å². The number of carbonyl (C=O) groups is 2. The number of hydrogen-bond acceptors (Lipinski definition) is 5. The van der Waals surface area contributed by atoms with Crippen molar-refractivity contribution < 1.29 is 27.5 Å². The number of benzene rings is 1. The third-order valence-corrected chi connectivity index (χ3v) is 5.26. The Morgan fingerprint density at radius 1 is 1.06 bits per heavy atom. The summed E-state index contributed by atoms with van der Waals surface area (Å²) >= 11 is 0. The molecule has 3 aromatic rings. The zero-order valence-corrected chi connectivity index (χ0v) is 17.6. The first kappa shape index (κ1) is 22.5. The molecule has 172 valence electrons. The molecule has 1 saturated heterocycles. The van der Waals surface area contributed by atoms with E-state index in [1.807, 2.05) is 0 Å². The maximum absolute atomic E-state index is 12.6. The standard InChI is InChI=1S/C23H21F3N4O3/c24-23(25,26)16-4-8-20(28-14-16)33-17-5-7-18-15(13-17)3-6-19(29-18)22(32)27-10-9-21(31)30-11-1-2-12-30/h3-8,13-14H,1-2,9-12H2,(H,27,32). The fraction of sp³-hybridized carbons (Fsp3) is 0.304. The number of carbonyl (C=O) groups excluding carboxylic acids is 2. The number of fused-ring (bicyclic) bond motifs is 1. The van der Waals surface area contributed by atoms with E-state index >= 15 is 0 Å². The summed E-state index contributed by atoms with van der Waals surface area (Å²) in [6.07, 6.45) is -1.47. The van der Waals surface area contributed by atoms with Gasteiger partial charge in [0, 0.05) is 43.7 Å². The van der Waals surface area contributed by atoms with Gasteiger partial charge in [0.05, 0.1) is 11.1 Å². The monoisotopic (exact) mass is 458 g/mol. The maximum Gasteiger partial charge on any atom is 0.417 e. The van der Waals surface area contributed by atoms with Crippen LogP contribution in [0.4, 0.5) is 13.2 Å². The Bertz CT molecular complexity index is 1160. The quantitative estimate of drug-likeness (QED) is 0.599. The van der Waals surface area contributed by atoms with Crippen molar-refractivity contribution in [2.75, 3.05) is 19.6 Å². The Balaban J connectivity index is 1.37. The zero-order chi connectivity index (χ0) is 23.4. The average Bonchev–Trinajstić information content (AvgIpc) is 3.33. The molecule has 0 saturated carbocycles. The highest BCUT2D eigenvalue weighted by atomic mass is 19.4. The van der Waals surface area contributed by atoms with Crippen molar-refractivity contribution in [3.8, 4) is 11.6 Å². The largest absolute Gasteiger partial charge is 0.439 e. The first-order valence-electron chi connectivity index (χ1n) is 10.5. The van der Waals surface area contributed by atoms with Crippen LogP contribution in [0.2, 0.25) is 0 Å². The summed E-state index contributed by atoms with van der Waals surface area (Å²) in [4.78, 5) is 34.3. The number of nitrogens with zero attached hydrogens (tertiary/aromatic N) is 3. The highest BCUT2D eigenvalue weighted by Crippen LogP contribution is 2.30. The van der Waals surface area contributed by atoms with Crippen molar-refractivity contribution in [2.24, 2.45) is 0 Å². The van der Waals surface area contributed by atoms with Crippen LogP contribution in [0.5, 0.6) is 11.6 Å². The summed E-state index contributed by atoms with van der Waals surface area (Å²) in [5.41, 5.74) is -0.0958. The van der Waals surface area contributed by atoms with Crippen LogP contribution >= 0.6 is 0 Å². The topological polar surface area (TPSA) is 84.4 Å². The highest BCUT2D eigenvalue weighted by molar-refractivity contribution is 5.95. The normalized spacial score (nSPS) is 13.8. The Morgan fingerprint density at radius 2 is 1.85 bits per heavy atom. The number of amides is 2. The van der Waals surface area contributed by atoms with E-state index in [4.69, 9.17) is 4.74 Å². The molecule has 0 bridgehead atoms. The van der Waals surface area contributed by atoms with Crippen LogP contribution in [-0.2, 0) is 11.0 Å². The summed E-state index contributed by atoms with van der Waals surface area (Å²) in [5.74, 6) is 0.0544. The molecule has 0 aliphatic carbocycles. The van der Waals surface area contributed by atoms with Crippen LogP contribution in [0, 0.1) is 0 Å². The Hall–Kier alpha value is -3.69. The fourth-order valence-electron chi connectivity index (χ4n) is 3.52. The average molecular weight is 458 g/mol. The first-order chi connectivity index (χ1) is 15.8. The SMILES string of the molecule is O=C(NCCC(=O)N1CCCC1)c1ccc2cc(Oc3ccc(C(F)(F)F)cn3)ccc2n1. The molecule has 10 heteroatoms. The molecule has 3 heterocycles. The molecule has 33 heavy (non-hydrogen) atoms. The lowest BCUT2D eigenvalue weighted by atomic mass is 10.2. The number of nitrogens with one attached hydrogen (secondary N) is 1. The van der Waals surface area contributed by atoms with E-state index in [0.717, 1.165) is 38.1 Å². The summed E-state index contributed by atoms with van der Waals surface area (Å²) in [7, 11) is 0. The van der Waals surface area contributed by atoms with Crippen molar-refractivity contribution in [3.63, 3.8) is 0 Å². The summed E-state index contributed by atoms with van der Waals surface area (Å²) < 4.78 is 43.5. The van der Waals surface area contributed by atoms with Crippen molar-refractivity contribution in [2.45, 2.75) is 25.4 Å². The van der Waals surface area contributed by atoms with Crippen molar-refractivity contribution in [1.82, 2.24) is 20.2 Å². The van der Waals surface area contributed by atoms with Crippen LogP contribution in [0.3, 0.4) is 0 Å². The molecule has 1 aliphatic heterocycles. The number of alkyl halides is 3. The van der Waals surface area contributed by atoms with Gasteiger partial charge in [-0.3, -0.25) is 9.59 Å². The molecular weight excluding hydrogens is 437 g/mol. The zero-order valence-electron chi connectivity index (χ0n) is 17.6. The van der Waals surface area contributed by atoms with Gasteiger partial charge in [0.25, 0.3) is 5.91 Å². The second-order valence-electron chi connectivity index (χ2n) is 7.63. The molecule has 1 N–H and O–H groups in total. The van der Waals surface area contributed by atoms with Gasteiger partial charge >= 0.3 is 6.18 Å². The third kappa shape index (κ3) is 5.57. The fourth-order valence-corrected chi connectivity index (χ4v) is 3.52. The summed E-state index contributed by atoms with van der Waals surface area (Å²) in [5, 5.41) is 3.40. The van der Waals surface area contributed by atoms with E-state index in [9.17, 15) is 22.8 Å². The maximum atomic E-state index is 12.6. The predicted molar refractivity (Wildman–Crippen MR) is 114 cm³/mol. The molecule has 4 rings (SSSR count).